The van der Waals surface area contributed by atoms with Gasteiger partial charge in [0.1, 0.15) is 11.5 Å². The third kappa shape index (κ3) is 4.61. The third-order valence-electron chi connectivity index (χ3n) is 4.18. The van der Waals surface area contributed by atoms with E-state index >= 15 is 0 Å². The summed E-state index contributed by atoms with van der Waals surface area (Å²) < 4.78 is 5.84. The molecule has 3 atom stereocenters. The van der Waals surface area contributed by atoms with Gasteiger partial charge < -0.3 is 20.2 Å². The lowest BCUT2D eigenvalue weighted by atomic mass is 9.85. The molecule has 0 aromatic carbocycles. The van der Waals surface area contributed by atoms with Gasteiger partial charge >= 0.3 is 6.03 Å². The second kappa shape index (κ2) is 7.21. The maximum absolute atomic E-state index is 12.3. The minimum atomic E-state index is -0.215. The molecule has 1 aliphatic rings. The van der Waals surface area contributed by atoms with Crippen LogP contribution < -0.4 is 10.6 Å². The maximum Gasteiger partial charge on any atom is 0.315 e. The molecule has 1 unspecified atom stereocenters. The predicted octanol–water partition coefficient (Wildman–Crippen LogP) is 3.17. The Morgan fingerprint density at radius 1 is 1.39 bits per heavy atom. The van der Waals surface area contributed by atoms with Crippen molar-refractivity contribution >= 4 is 6.03 Å². The normalized spacial score (nSPS) is 22.1. The Hall–Kier alpha value is -1.75. The molecule has 5 nitrogen and oxygen atoms in total. The SMILES string of the molecule is CCc1ccc(C(NC(=O)N[C@@H]2C=C[C@H](CO)C2)C(C)(C)C)o1. The quantitative estimate of drug-likeness (QED) is 0.730. The summed E-state index contributed by atoms with van der Waals surface area (Å²) in [6.07, 6.45) is 5.46. The van der Waals surface area contributed by atoms with Crippen molar-refractivity contribution in [1.29, 1.82) is 0 Å². The zero-order valence-electron chi connectivity index (χ0n) is 14.4. The minimum Gasteiger partial charge on any atom is -0.464 e. The first-order chi connectivity index (χ1) is 10.8. The number of amides is 2. The first kappa shape index (κ1) is 17.6. The Bertz CT molecular complexity index is 557. The molecule has 0 spiro atoms. The number of hydrogen-bond acceptors (Lipinski definition) is 3. The van der Waals surface area contributed by atoms with Gasteiger partial charge in [-0.2, -0.15) is 0 Å². The van der Waals surface area contributed by atoms with Gasteiger partial charge in [-0.25, -0.2) is 4.79 Å². The summed E-state index contributed by atoms with van der Waals surface area (Å²) in [5.41, 5.74) is -0.167. The Balaban J connectivity index is 2.01. The van der Waals surface area contributed by atoms with Gasteiger partial charge in [-0.1, -0.05) is 39.8 Å². The summed E-state index contributed by atoms with van der Waals surface area (Å²) in [7, 11) is 0. The van der Waals surface area contributed by atoms with Crippen LogP contribution in [0, 0.1) is 11.3 Å². The summed E-state index contributed by atoms with van der Waals surface area (Å²) in [6, 6.07) is 3.44. The van der Waals surface area contributed by atoms with E-state index in [2.05, 4.69) is 31.4 Å². The molecule has 0 bridgehead atoms. The molecular weight excluding hydrogens is 292 g/mol. The molecule has 5 heteroatoms. The number of nitrogens with one attached hydrogen (secondary N) is 2. The van der Waals surface area contributed by atoms with Crippen LogP contribution in [0.3, 0.4) is 0 Å². The molecule has 0 radical (unpaired) electrons. The molecular formula is C18H28N2O3. The molecule has 1 aliphatic carbocycles. The van der Waals surface area contributed by atoms with E-state index in [9.17, 15) is 4.79 Å². The largest absolute Gasteiger partial charge is 0.464 e. The van der Waals surface area contributed by atoms with Crippen LogP contribution in [0.2, 0.25) is 0 Å². The van der Waals surface area contributed by atoms with E-state index in [0.717, 1.165) is 24.4 Å². The first-order valence-electron chi connectivity index (χ1n) is 8.28. The van der Waals surface area contributed by atoms with Gasteiger partial charge in [0, 0.05) is 25.0 Å². The summed E-state index contributed by atoms with van der Waals surface area (Å²) in [4.78, 5) is 12.3. The average Bonchev–Trinajstić information content (AvgIpc) is 3.12. The van der Waals surface area contributed by atoms with Gasteiger partial charge in [0.2, 0.25) is 0 Å². The summed E-state index contributed by atoms with van der Waals surface area (Å²) in [6.45, 7) is 8.38. The highest BCUT2D eigenvalue weighted by Crippen LogP contribution is 2.33. The molecule has 23 heavy (non-hydrogen) atoms. The van der Waals surface area contributed by atoms with E-state index in [1.54, 1.807) is 0 Å². The van der Waals surface area contributed by atoms with Gasteiger partial charge in [0.15, 0.2) is 0 Å². The lowest BCUT2D eigenvalue weighted by Crippen LogP contribution is -2.45. The van der Waals surface area contributed by atoms with Crippen LogP contribution in [0.15, 0.2) is 28.7 Å². The van der Waals surface area contributed by atoms with Crippen molar-refractivity contribution in [2.24, 2.45) is 11.3 Å². The predicted molar refractivity (Wildman–Crippen MR) is 90.1 cm³/mol. The number of aliphatic hydroxyl groups is 1. The number of aryl methyl sites for hydroxylation is 1. The fraction of sp³-hybridized carbons (Fsp3) is 0.611. The Morgan fingerprint density at radius 3 is 2.65 bits per heavy atom. The molecule has 3 N–H and O–H groups in total. The van der Waals surface area contributed by atoms with Crippen LogP contribution in [0.25, 0.3) is 0 Å². The second-order valence-corrected chi connectivity index (χ2v) is 7.24. The smallest absolute Gasteiger partial charge is 0.315 e. The van der Waals surface area contributed by atoms with Crippen molar-refractivity contribution < 1.29 is 14.3 Å². The van der Waals surface area contributed by atoms with Crippen LogP contribution in [0.5, 0.6) is 0 Å². The topological polar surface area (TPSA) is 74.5 Å². The van der Waals surface area contributed by atoms with Gasteiger partial charge in [-0.3, -0.25) is 0 Å². The first-order valence-corrected chi connectivity index (χ1v) is 8.28. The number of hydrogen-bond donors (Lipinski definition) is 3. The lowest BCUT2D eigenvalue weighted by molar-refractivity contribution is 0.203. The van der Waals surface area contributed by atoms with E-state index in [0.29, 0.717) is 0 Å². The number of aliphatic hydroxyl groups excluding tert-OH is 1. The van der Waals surface area contributed by atoms with Crippen molar-refractivity contribution in [2.45, 2.75) is 52.6 Å². The highest BCUT2D eigenvalue weighted by molar-refractivity contribution is 5.75. The average molecular weight is 320 g/mol. The molecule has 0 aliphatic heterocycles. The summed E-state index contributed by atoms with van der Waals surface area (Å²) in [5.74, 6) is 1.83. The molecule has 128 valence electrons. The summed E-state index contributed by atoms with van der Waals surface area (Å²) >= 11 is 0. The van der Waals surface area contributed by atoms with Crippen LogP contribution in [0.4, 0.5) is 4.79 Å². The van der Waals surface area contributed by atoms with E-state index in [1.165, 1.54) is 0 Å². The zero-order chi connectivity index (χ0) is 17.0. The van der Waals surface area contributed by atoms with Crippen molar-refractivity contribution in [3.8, 4) is 0 Å². The molecule has 1 aromatic rings. The molecule has 1 heterocycles. The number of furan rings is 1. The Labute approximate surface area is 138 Å². The molecule has 0 fully saturated rings. The molecule has 2 amide bonds. The van der Waals surface area contributed by atoms with Crippen molar-refractivity contribution in [3.63, 3.8) is 0 Å². The van der Waals surface area contributed by atoms with Crippen molar-refractivity contribution in [1.82, 2.24) is 10.6 Å². The van der Waals surface area contributed by atoms with Crippen LogP contribution in [0.1, 0.15) is 51.7 Å². The number of carbonyl (C=O) groups is 1. The molecule has 0 saturated heterocycles. The summed E-state index contributed by atoms with van der Waals surface area (Å²) in [5, 5.41) is 15.1. The monoisotopic (exact) mass is 320 g/mol. The molecule has 0 saturated carbocycles. The molecule has 2 rings (SSSR count). The van der Waals surface area contributed by atoms with Gasteiger partial charge in [-0.15, -0.1) is 0 Å². The van der Waals surface area contributed by atoms with Crippen LogP contribution in [-0.2, 0) is 6.42 Å². The second-order valence-electron chi connectivity index (χ2n) is 7.24. The Morgan fingerprint density at radius 2 is 2.13 bits per heavy atom. The van der Waals surface area contributed by atoms with E-state index in [4.69, 9.17) is 9.52 Å². The number of rotatable bonds is 5. The Kier molecular flexibility index (Phi) is 5.52. The fourth-order valence-corrected chi connectivity index (χ4v) is 2.81. The van der Waals surface area contributed by atoms with Gasteiger partial charge in [0.25, 0.3) is 0 Å². The minimum absolute atomic E-state index is 0.0319. The van der Waals surface area contributed by atoms with E-state index < -0.39 is 0 Å². The fourth-order valence-electron chi connectivity index (χ4n) is 2.81. The van der Waals surface area contributed by atoms with Crippen molar-refractivity contribution in [3.05, 3.63) is 35.8 Å². The van der Waals surface area contributed by atoms with Crippen LogP contribution >= 0.6 is 0 Å². The maximum atomic E-state index is 12.3. The molecule has 1 aromatic heterocycles. The van der Waals surface area contributed by atoms with Gasteiger partial charge in [-0.05, 0) is 24.0 Å². The highest BCUT2D eigenvalue weighted by atomic mass is 16.3. The zero-order valence-corrected chi connectivity index (χ0v) is 14.4. The third-order valence-corrected chi connectivity index (χ3v) is 4.18. The standard InChI is InChI=1S/C18H28N2O3/c1-5-14-8-9-15(23-14)16(18(2,3)4)20-17(22)19-13-7-6-12(10-13)11-21/h6-9,12-13,16,21H,5,10-11H2,1-4H3,(H2,19,20,22)/t12-,13+,16?/m0/s1. The number of carbonyl (C=O) groups excluding carboxylic acids is 1. The van der Waals surface area contributed by atoms with Gasteiger partial charge in [0.05, 0.1) is 6.04 Å². The highest BCUT2D eigenvalue weighted by Gasteiger charge is 2.31. The van der Waals surface area contributed by atoms with E-state index in [-0.39, 0.29) is 36.1 Å². The lowest BCUT2D eigenvalue weighted by Gasteiger charge is -2.30. The van der Waals surface area contributed by atoms with Crippen molar-refractivity contribution in [2.75, 3.05) is 6.61 Å². The van der Waals surface area contributed by atoms with E-state index in [1.807, 2.05) is 31.2 Å². The van der Waals surface area contributed by atoms with Crippen LogP contribution in [-0.4, -0.2) is 23.8 Å². The number of urea groups is 1.